The van der Waals surface area contributed by atoms with Gasteiger partial charge in [-0.15, -0.1) is 0 Å². The van der Waals surface area contributed by atoms with E-state index < -0.39 is 72.9 Å². The highest BCUT2D eigenvalue weighted by atomic mass is 16.4. The zero-order valence-electron chi connectivity index (χ0n) is 21.6. The molecule has 1 saturated heterocycles. The third-order valence-electron chi connectivity index (χ3n) is 5.77. The summed E-state index contributed by atoms with van der Waals surface area (Å²) in [6, 6.07) is -5.93. The molecular formula is C23H39N5O9. The summed E-state index contributed by atoms with van der Waals surface area (Å²) >= 11 is 0. The lowest BCUT2D eigenvalue weighted by atomic mass is 10.0. The number of hydrogen-bond acceptors (Lipinski definition) is 8. The SMILES string of the molecule is CC(C)CC(NC(=O)C(CC(=O)O)NC(=O)C(NC(=O)C1CCCN1)C(C)C)C(=O)NC(CO)C(=O)O. The smallest absolute Gasteiger partial charge is 0.328 e. The minimum absolute atomic E-state index is 0.0716. The standard InChI is InChI=1S/C23H39N5O9/c1-11(2)8-14(20(33)27-16(10-29)23(36)37)25-21(34)15(9-17(30)31)26-22(35)18(12(3)4)28-19(32)13-6-5-7-24-13/h11-16,18,24,29H,5-10H2,1-4H3,(H,25,34)(H,26,35)(H,27,33)(H,28,32)(H,30,31)(H,36,37). The number of carboxylic acid groups (broad SMARTS) is 2. The van der Waals surface area contributed by atoms with Crippen LogP contribution in [-0.4, -0.2) is 94.2 Å². The molecule has 8 N–H and O–H groups in total. The molecule has 0 aromatic heterocycles. The van der Waals surface area contributed by atoms with Gasteiger partial charge in [0.2, 0.25) is 23.6 Å². The molecule has 210 valence electrons. The molecule has 1 rings (SSSR count). The highest BCUT2D eigenvalue weighted by Gasteiger charge is 2.34. The molecule has 4 amide bonds. The van der Waals surface area contributed by atoms with Gasteiger partial charge in [-0.25, -0.2) is 4.79 Å². The molecule has 1 heterocycles. The maximum Gasteiger partial charge on any atom is 0.328 e. The van der Waals surface area contributed by atoms with E-state index in [-0.39, 0.29) is 24.2 Å². The number of hydrogen-bond donors (Lipinski definition) is 8. The topological polar surface area (TPSA) is 223 Å². The van der Waals surface area contributed by atoms with Crippen molar-refractivity contribution in [2.24, 2.45) is 11.8 Å². The first-order valence-electron chi connectivity index (χ1n) is 12.3. The van der Waals surface area contributed by atoms with E-state index in [0.29, 0.717) is 13.0 Å². The van der Waals surface area contributed by atoms with Crippen LogP contribution in [0.3, 0.4) is 0 Å². The van der Waals surface area contributed by atoms with Crippen molar-refractivity contribution in [1.29, 1.82) is 0 Å². The second-order valence-corrected chi connectivity index (χ2v) is 9.81. The van der Waals surface area contributed by atoms with Crippen molar-refractivity contribution in [2.45, 2.75) is 83.6 Å². The summed E-state index contributed by atoms with van der Waals surface area (Å²) < 4.78 is 0. The lowest BCUT2D eigenvalue weighted by Crippen LogP contribution is -2.60. The Morgan fingerprint density at radius 2 is 1.41 bits per heavy atom. The first-order valence-corrected chi connectivity index (χ1v) is 12.3. The Kier molecular flexibility index (Phi) is 13.0. The molecular weight excluding hydrogens is 490 g/mol. The van der Waals surface area contributed by atoms with E-state index in [1.165, 1.54) is 0 Å². The normalized spacial score (nSPS) is 18.4. The van der Waals surface area contributed by atoms with Crippen LogP contribution in [0.4, 0.5) is 0 Å². The molecule has 0 bridgehead atoms. The number of aliphatic hydroxyl groups excluding tert-OH is 1. The minimum Gasteiger partial charge on any atom is -0.481 e. The van der Waals surface area contributed by atoms with Crippen molar-refractivity contribution in [2.75, 3.05) is 13.2 Å². The average Bonchev–Trinajstić information content (AvgIpc) is 3.33. The van der Waals surface area contributed by atoms with Crippen molar-refractivity contribution in [3.8, 4) is 0 Å². The fourth-order valence-electron chi connectivity index (χ4n) is 3.78. The Morgan fingerprint density at radius 1 is 0.838 bits per heavy atom. The summed E-state index contributed by atoms with van der Waals surface area (Å²) in [7, 11) is 0. The van der Waals surface area contributed by atoms with Gasteiger partial charge in [0.25, 0.3) is 0 Å². The Bertz CT molecular complexity index is 842. The Hall–Kier alpha value is -3.26. The van der Waals surface area contributed by atoms with Crippen molar-refractivity contribution < 1.29 is 44.1 Å². The second kappa shape index (κ2) is 15.1. The van der Waals surface area contributed by atoms with Crippen LogP contribution < -0.4 is 26.6 Å². The molecule has 14 heteroatoms. The molecule has 0 saturated carbocycles. The van der Waals surface area contributed by atoms with Crippen LogP contribution in [0.25, 0.3) is 0 Å². The molecule has 1 aliphatic heterocycles. The van der Waals surface area contributed by atoms with Gasteiger partial charge in [-0.2, -0.15) is 0 Å². The zero-order valence-corrected chi connectivity index (χ0v) is 21.6. The summed E-state index contributed by atoms with van der Waals surface area (Å²) in [5.74, 6) is -6.39. The van der Waals surface area contributed by atoms with Gasteiger partial charge in [-0.1, -0.05) is 27.7 Å². The second-order valence-electron chi connectivity index (χ2n) is 9.81. The van der Waals surface area contributed by atoms with Crippen molar-refractivity contribution in [1.82, 2.24) is 26.6 Å². The summed E-state index contributed by atoms with van der Waals surface area (Å²) in [6.07, 6.45) is 0.696. The molecule has 5 atom stereocenters. The predicted octanol–water partition coefficient (Wildman–Crippen LogP) is -2.07. The molecule has 0 radical (unpaired) electrons. The average molecular weight is 530 g/mol. The van der Waals surface area contributed by atoms with E-state index >= 15 is 0 Å². The summed E-state index contributed by atoms with van der Waals surface area (Å²) in [5.41, 5.74) is 0. The van der Waals surface area contributed by atoms with Crippen LogP contribution in [-0.2, 0) is 28.8 Å². The van der Waals surface area contributed by atoms with Gasteiger partial charge in [0, 0.05) is 0 Å². The number of carbonyl (C=O) groups excluding carboxylic acids is 4. The van der Waals surface area contributed by atoms with E-state index in [4.69, 9.17) is 5.11 Å². The number of carboxylic acids is 2. The molecule has 1 fully saturated rings. The highest BCUT2D eigenvalue weighted by Crippen LogP contribution is 2.10. The quantitative estimate of drug-likeness (QED) is 0.116. The van der Waals surface area contributed by atoms with Gasteiger partial charge in [0.15, 0.2) is 0 Å². The van der Waals surface area contributed by atoms with Crippen LogP contribution >= 0.6 is 0 Å². The molecule has 37 heavy (non-hydrogen) atoms. The zero-order chi connectivity index (χ0) is 28.3. The number of carbonyl (C=O) groups is 6. The summed E-state index contributed by atoms with van der Waals surface area (Å²) in [6.45, 7) is 6.66. The molecule has 0 aliphatic carbocycles. The molecule has 0 spiro atoms. The lowest BCUT2D eigenvalue weighted by Gasteiger charge is -2.27. The molecule has 5 unspecified atom stereocenters. The van der Waals surface area contributed by atoms with Crippen molar-refractivity contribution in [3.05, 3.63) is 0 Å². The third kappa shape index (κ3) is 10.7. The van der Waals surface area contributed by atoms with Crippen LogP contribution in [0, 0.1) is 11.8 Å². The molecule has 0 aromatic rings. The van der Waals surface area contributed by atoms with Gasteiger partial charge >= 0.3 is 11.9 Å². The maximum absolute atomic E-state index is 13.0. The molecule has 1 aliphatic rings. The Balaban J connectivity index is 3.02. The van der Waals surface area contributed by atoms with Crippen LogP contribution in [0.2, 0.25) is 0 Å². The fourth-order valence-corrected chi connectivity index (χ4v) is 3.78. The van der Waals surface area contributed by atoms with E-state index in [9.17, 15) is 39.0 Å². The first kappa shape index (κ1) is 31.8. The van der Waals surface area contributed by atoms with Gasteiger partial charge in [0.05, 0.1) is 19.1 Å². The number of nitrogens with one attached hydrogen (secondary N) is 5. The monoisotopic (exact) mass is 529 g/mol. The van der Waals surface area contributed by atoms with E-state index in [2.05, 4.69) is 26.6 Å². The predicted molar refractivity (Wildman–Crippen MR) is 130 cm³/mol. The van der Waals surface area contributed by atoms with E-state index in [0.717, 1.165) is 6.42 Å². The van der Waals surface area contributed by atoms with E-state index in [1.807, 2.05) is 0 Å². The summed E-state index contributed by atoms with van der Waals surface area (Å²) in [4.78, 5) is 73.7. The number of aliphatic carboxylic acids is 2. The Labute approximate surface area is 215 Å². The van der Waals surface area contributed by atoms with Crippen LogP contribution in [0.15, 0.2) is 0 Å². The highest BCUT2D eigenvalue weighted by molar-refractivity contribution is 5.96. The van der Waals surface area contributed by atoms with Crippen molar-refractivity contribution in [3.63, 3.8) is 0 Å². The maximum atomic E-state index is 13.0. The lowest BCUT2D eigenvalue weighted by molar-refractivity contribution is -0.144. The van der Waals surface area contributed by atoms with Gasteiger partial charge in [-0.05, 0) is 37.6 Å². The minimum atomic E-state index is -1.60. The number of aliphatic hydroxyl groups is 1. The van der Waals surface area contributed by atoms with E-state index in [1.54, 1.807) is 27.7 Å². The van der Waals surface area contributed by atoms with Crippen LogP contribution in [0.1, 0.15) is 53.4 Å². The third-order valence-corrected chi connectivity index (χ3v) is 5.77. The number of amides is 4. The first-order chi connectivity index (χ1) is 17.3. The largest absolute Gasteiger partial charge is 0.481 e. The summed E-state index contributed by atoms with van der Waals surface area (Å²) in [5, 5.41) is 40.1. The Morgan fingerprint density at radius 3 is 1.86 bits per heavy atom. The van der Waals surface area contributed by atoms with Crippen molar-refractivity contribution >= 4 is 35.6 Å². The molecule has 0 aromatic carbocycles. The van der Waals surface area contributed by atoms with Gasteiger partial charge in [-0.3, -0.25) is 24.0 Å². The van der Waals surface area contributed by atoms with Gasteiger partial charge in [0.1, 0.15) is 24.2 Å². The number of rotatable bonds is 15. The molecule has 14 nitrogen and oxygen atoms in total. The van der Waals surface area contributed by atoms with Crippen LogP contribution in [0.5, 0.6) is 0 Å². The van der Waals surface area contributed by atoms with Gasteiger partial charge < -0.3 is 41.9 Å². The fraction of sp³-hybridized carbons (Fsp3) is 0.739.